The minimum Gasteiger partial charge on any atom is -0.478 e. The van der Waals surface area contributed by atoms with Crippen molar-refractivity contribution in [3.8, 4) is 0 Å². The van der Waals surface area contributed by atoms with E-state index in [9.17, 15) is 4.79 Å². The molecule has 3 nitrogen and oxygen atoms in total. The Labute approximate surface area is 110 Å². The molecule has 0 fully saturated rings. The molecule has 0 aliphatic heterocycles. The summed E-state index contributed by atoms with van der Waals surface area (Å²) in [5, 5.41) is 12.7. The minimum atomic E-state index is -0.943. The molecular formula is C14H12ClNO2. The Morgan fingerprint density at radius 2 is 2.00 bits per heavy atom. The van der Waals surface area contributed by atoms with Gasteiger partial charge in [-0.3, -0.25) is 0 Å². The molecule has 2 N–H and O–H groups in total. The van der Waals surface area contributed by atoms with Gasteiger partial charge in [0.1, 0.15) is 0 Å². The Hall–Kier alpha value is -2.00. The van der Waals surface area contributed by atoms with Crippen molar-refractivity contribution in [2.45, 2.75) is 6.92 Å². The Morgan fingerprint density at radius 3 is 2.72 bits per heavy atom. The number of carbonyl (C=O) groups is 1. The zero-order chi connectivity index (χ0) is 13.1. The average molecular weight is 262 g/mol. The second-order valence-electron chi connectivity index (χ2n) is 3.97. The molecule has 0 atom stereocenters. The summed E-state index contributed by atoms with van der Waals surface area (Å²) < 4.78 is 0. The third kappa shape index (κ3) is 2.81. The van der Waals surface area contributed by atoms with E-state index in [2.05, 4.69) is 5.32 Å². The summed E-state index contributed by atoms with van der Waals surface area (Å²) in [5.41, 5.74) is 2.88. The van der Waals surface area contributed by atoms with E-state index < -0.39 is 5.97 Å². The number of rotatable bonds is 3. The summed E-state index contributed by atoms with van der Waals surface area (Å²) in [7, 11) is 0. The minimum absolute atomic E-state index is 0.250. The fraction of sp³-hybridized carbons (Fsp3) is 0.0714. The monoisotopic (exact) mass is 261 g/mol. The maximum Gasteiger partial charge on any atom is 0.335 e. The van der Waals surface area contributed by atoms with Crippen LogP contribution in [0.1, 0.15) is 15.9 Å². The zero-order valence-corrected chi connectivity index (χ0v) is 10.5. The molecule has 0 aliphatic rings. The molecule has 0 bridgehead atoms. The van der Waals surface area contributed by atoms with Crippen molar-refractivity contribution in [1.29, 1.82) is 0 Å². The molecule has 0 aliphatic carbocycles. The number of carboxylic acid groups (broad SMARTS) is 1. The average Bonchev–Trinajstić information content (AvgIpc) is 2.34. The lowest BCUT2D eigenvalue weighted by atomic mass is 10.1. The van der Waals surface area contributed by atoms with Crippen molar-refractivity contribution in [3.63, 3.8) is 0 Å². The molecule has 2 aromatic rings. The molecule has 2 aromatic carbocycles. The summed E-state index contributed by atoms with van der Waals surface area (Å²) in [5.74, 6) is -0.943. The standard InChI is InChI=1S/C14H12ClNO2/c1-9-5-6-11(15)8-13(9)16-12-4-2-3-10(7-12)14(17)18/h2-8,16H,1H3,(H,17,18). The first-order valence-corrected chi connectivity index (χ1v) is 5.80. The van der Waals surface area contributed by atoms with Gasteiger partial charge in [0.05, 0.1) is 5.56 Å². The molecule has 0 aromatic heterocycles. The lowest BCUT2D eigenvalue weighted by molar-refractivity contribution is 0.0697. The van der Waals surface area contributed by atoms with E-state index in [1.165, 1.54) is 0 Å². The van der Waals surface area contributed by atoms with Crippen LogP contribution >= 0.6 is 11.6 Å². The van der Waals surface area contributed by atoms with Crippen LogP contribution in [0, 0.1) is 6.92 Å². The van der Waals surface area contributed by atoms with E-state index in [1.807, 2.05) is 31.2 Å². The van der Waals surface area contributed by atoms with Gasteiger partial charge < -0.3 is 10.4 Å². The molecule has 0 spiro atoms. The highest BCUT2D eigenvalue weighted by Crippen LogP contribution is 2.24. The Balaban J connectivity index is 2.31. The van der Waals surface area contributed by atoms with Gasteiger partial charge in [-0.25, -0.2) is 4.79 Å². The fourth-order valence-electron chi connectivity index (χ4n) is 1.61. The van der Waals surface area contributed by atoms with Crippen LogP contribution in [0.5, 0.6) is 0 Å². The molecule has 4 heteroatoms. The van der Waals surface area contributed by atoms with Gasteiger partial charge in [-0.15, -0.1) is 0 Å². The SMILES string of the molecule is Cc1ccc(Cl)cc1Nc1cccc(C(=O)O)c1. The maximum atomic E-state index is 10.9. The maximum absolute atomic E-state index is 10.9. The van der Waals surface area contributed by atoms with Crippen LogP contribution in [-0.2, 0) is 0 Å². The fourth-order valence-corrected chi connectivity index (χ4v) is 1.79. The smallest absolute Gasteiger partial charge is 0.335 e. The molecule has 18 heavy (non-hydrogen) atoms. The number of aromatic carboxylic acids is 1. The second kappa shape index (κ2) is 5.10. The van der Waals surface area contributed by atoms with E-state index in [1.54, 1.807) is 18.2 Å². The molecule has 0 saturated carbocycles. The van der Waals surface area contributed by atoms with Crippen LogP contribution in [0.4, 0.5) is 11.4 Å². The summed E-state index contributed by atoms with van der Waals surface area (Å²) in [6.07, 6.45) is 0. The number of carboxylic acids is 1. The molecule has 0 amide bonds. The predicted octanol–water partition coefficient (Wildman–Crippen LogP) is 4.09. The highest BCUT2D eigenvalue weighted by Gasteiger charge is 2.04. The first-order valence-electron chi connectivity index (χ1n) is 5.43. The largest absolute Gasteiger partial charge is 0.478 e. The molecule has 2 rings (SSSR count). The number of benzene rings is 2. The highest BCUT2D eigenvalue weighted by atomic mass is 35.5. The van der Waals surface area contributed by atoms with Gasteiger partial charge in [-0.05, 0) is 42.8 Å². The van der Waals surface area contributed by atoms with Crippen molar-refractivity contribution in [2.75, 3.05) is 5.32 Å². The van der Waals surface area contributed by atoms with Gasteiger partial charge in [0.25, 0.3) is 0 Å². The molecule has 0 saturated heterocycles. The van der Waals surface area contributed by atoms with Crippen LogP contribution in [0.3, 0.4) is 0 Å². The molecule has 0 unspecified atom stereocenters. The lowest BCUT2D eigenvalue weighted by Gasteiger charge is -2.10. The quantitative estimate of drug-likeness (QED) is 0.875. The topological polar surface area (TPSA) is 49.3 Å². The molecule has 92 valence electrons. The van der Waals surface area contributed by atoms with Crippen LogP contribution in [0.2, 0.25) is 5.02 Å². The van der Waals surface area contributed by atoms with E-state index in [0.717, 1.165) is 16.9 Å². The molecular weight excluding hydrogens is 250 g/mol. The summed E-state index contributed by atoms with van der Waals surface area (Å²) >= 11 is 5.93. The van der Waals surface area contributed by atoms with Crippen molar-refractivity contribution >= 4 is 28.9 Å². The van der Waals surface area contributed by atoms with Gasteiger partial charge in [0, 0.05) is 16.4 Å². The van der Waals surface area contributed by atoms with E-state index in [0.29, 0.717) is 5.02 Å². The lowest BCUT2D eigenvalue weighted by Crippen LogP contribution is -1.98. The first-order chi connectivity index (χ1) is 8.56. The Bertz CT molecular complexity index is 596. The number of anilines is 2. The predicted molar refractivity (Wildman–Crippen MR) is 72.9 cm³/mol. The summed E-state index contributed by atoms with van der Waals surface area (Å²) in [4.78, 5) is 10.9. The zero-order valence-electron chi connectivity index (χ0n) is 9.77. The molecule has 0 radical (unpaired) electrons. The number of halogens is 1. The second-order valence-corrected chi connectivity index (χ2v) is 4.41. The number of nitrogens with one attached hydrogen (secondary N) is 1. The number of hydrogen-bond donors (Lipinski definition) is 2. The normalized spacial score (nSPS) is 10.1. The van der Waals surface area contributed by atoms with Crippen molar-refractivity contribution in [3.05, 3.63) is 58.6 Å². The number of aryl methyl sites for hydroxylation is 1. The van der Waals surface area contributed by atoms with Gasteiger partial charge in [0.2, 0.25) is 0 Å². The van der Waals surface area contributed by atoms with Gasteiger partial charge in [0.15, 0.2) is 0 Å². The number of hydrogen-bond acceptors (Lipinski definition) is 2. The van der Waals surface area contributed by atoms with Crippen molar-refractivity contribution < 1.29 is 9.90 Å². The van der Waals surface area contributed by atoms with Crippen LogP contribution < -0.4 is 5.32 Å². The summed E-state index contributed by atoms with van der Waals surface area (Å²) in [6.45, 7) is 1.96. The third-order valence-electron chi connectivity index (χ3n) is 2.59. The van der Waals surface area contributed by atoms with E-state index >= 15 is 0 Å². The Morgan fingerprint density at radius 1 is 1.22 bits per heavy atom. The third-order valence-corrected chi connectivity index (χ3v) is 2.82. The van der Waals surface area contributed by atoms with Crippen molar-refractivity contribution in [1.82, 2.24) is 0 Å². The van der Waals surface area contributed by atoms with Crippen molar-refractivity contribution in [2.24, 2.45) is 0 Å². The Kier molecular flexibility index (Phi) is 3.53. The highest BCUT2D eigenvalue weighted by molar-refractivity contribution is 6.30. The van der Waals surface area contributed by atoms with Crippen LogP contribution in [0.15, 0.2) is 42.5 Å². The van der Waals surface area contributed by atoms with Gasteiger partial charge >= 0.3 is 5.97 Å². The molecule has 0 heterocycles. The first kappa shape index (κ1) is 12.5. The summed E-state index contributed by atoms with van der Waals surface area (Å²) in [6, 6.07) is 12.2. The van der Waals surface area contributed by atoms with E-state index in [-0.39, 0.29) is 5.56 Å². The van der Waals surface area contributed by atoms with Crippen LogP contribution in [-0.4, -0.2) is 11.1 Å². The van der Waals surface area contributed by atoms with Crippen LogP contribution in [0.25, 0.3) is 0 Å². The van der Waals surface area contributed by atoms with E-state index in [4.69, 9.17) is 16.7 Å². The van der Waals surface area contributed by atoms with Gasteiger partial charge in [-0.2, -0.15) is 0 Å². The van der Waals surface area contributed by atoms with Gasteiger partial charge in [-0.1, -0.05) is 23.7 Å².